The summed E-state index contributed by atoms with van der Waals surface area (Å²) in [6.45, 7) is 0. The number of carbonyl (C=O) groups is 1. The predicted molar refractivity (Wildman–Crippen MR) is 99.9 cm³/mol. The van der Waals surface area contributed by atoms with Gasteiger partial charge in [0, 0.05) is 17.3 Å². The van der Waals surface area contributed by atoms with Crippen LogP contribution in [0.25, 0.3) is 0 Å². The van der Waals surface area contributed by atoms with Crippen LogP contribution in [0.4, 0.5) is 11.5 Å². The van der Waals surface area contributed by atoms with E-state index >= 15 is 0 Å². The van der Waals surface area contributed by atoms with Crippen molar-refractivity contribution in [3.63, 3.8) is 0 Å². The minimum Gasteiger partial charge on any atom is -0.495 e. The van der Waals surface area contributed by atoms with Crippen LogP contribution in [0.3, 0.4) is 0 Å². The number of pyridine rings is 1. The van der Waals surface area contributed by atoms with Crippen LogP contribution in [-0.2, 0) is 0 Å². The third kappa shape index (κ3) is 4.63. The second-order valence-corrected chi connectivity index (χ2v) is 6.65. The summed E-state index contributed by atoms with van der Waals surface area (Å²) in [5.74, 6) is 1.23. The molecule has 6 heteroatoms. The van der Waals surface area contributed by atoms with E-state index in [0.717, 1.165) is 18.5 Å². The standard InChI is InChI=1S/C19H22ClN3O2/c1-25-17-9-8-14(20)11-16(17)23-18-10-7-13(12-21-18)19(24)22-15-5-3-2-4-6-15/h7-12,15H,2-6H2,1H3,(H,21,23)(H,22,24). The summed E-state index contributed by atoms with van der Waals surface area (Å²) in [7, 11) is 1.60. The molecular formula is C19H22ClN3O2. The van der Waals surface area contributed by atoms with Crippen LogP contribution >= 0.6 is 11.6 Å². The van der Waals surface area contributed by atoms with Crippen LogP contribution in [0.15, 0.2) is 36.5 Å². The van der Waals surface area contributed by atoms with Gasteiger partial charge in [-0.1, -0.05) is 30.9 Å². The smallest absolute Gasteiger partial charge is 0.253 e. The summed E-state index contributed by atoms with van der Waals surface area (Å²) in [4.78, 5) is 16.6. The predicted octanol–water partition coefficient (Wildman–Crippen LogP) is 4.55. The van der Waals surface area contributed by atoms with E-state index in [1.54, 1.807) is 43.6 Å². The van der Waals surface area contributed by atoms with Gasteiger partial charge in [0.2, 0.25) is 0 Å². The molecule has 3 rings (SSSR count). The number of halogens is 1. The average molecular weight is 360 g/mol. The highest BCUT2D eigenvalue weighted by molar-refractivity contribution is 6.31. The van der Waals surface area contributed by atoms with Crippen molar-refractivity contribution < 1.29 is 9.53 Å². The van der Waals surface area contributed by atoms with Crippen LogP contribution in [0.2, 0.25) is 5.02 Å². The molecule has 0 spiro atoms. The fraction of sp³-hybridized carbons (Fsp3) is 0.368. The number of rotatable bonds is 5. The van der Waals surface area contributed by atoms with Crippen LogP contribution < -0.4 is 15.4 Å². The minimum absolute atomic E-state index is 0.0636. The Labute approximate surface area is 152 Å². The molecule has 1 aliphatic carbocycles. The van der Waals surface area contributed by atoms with E-state index in [2.05, 4.69) is 15.6 Å². The number of carbonyl (C=O) groups excluding carboxylic acids is 1. The van der Waals surface area contributed by atoms with Crippen molar-refractivity contribution in [2.24, 2.45) is 0 Å². The average Bonchev–Trinajstić information content (AvgIpc) is 2.63. The van der Waals surface area contributed by atoms with Crippen LogP contribution in [0, 0.1) is 0 Å². The molecule has 0 radical (unpaired) electrons. The second-order valence-electron chi connectivity index (χ2n) is 6.21. The van der Waals surface area contributed by atoms with Crippen molar-refractivity contribution in [1.29, 1.82) is 0 Å². The van der Waals surface area contributed by atoms with Gasteiger partial charge < -0.3 is 15.4 Å². The molecule has 5 nitrogen and oxygen atoms in total. The molecule has 1 fully saturated rings. The molecule has 1 aliphatic rings. The zero-order chi connectivity index (χ0) is 17.6. The second kappa shape index (κ2) is 8.21. The van der Waals surface area contributed by atoms with Crippen molar-refractivity contribution in [3.8, 4) is 5.75 Å². The number of nitrogens with one attached hydrogen (secondary N) is 2. The molecule has 1 amide bonds. The molecule has 2 N–H and O–H groups in total. The van der Waals surface area contributed by atoms with Gasteiger partial charge in [0.25, 0.3) is 5.91 Å². The first-order chi connectivity index (χ1) is 12.2. The highest BCUT2D eigenvalue weighted by atomic mass is 35.5. The van der Waals surface area contributed by atoms with E-state index in [-0.39, 0.29) is 11.9 Å². The Kier molecular flexibility index (Phi) is 5.76. The molecule has 1 saturated carbocycles. The third-order valence-corrected chi connectivity index (χ3v) is 4.63. The molecular weight excluding hydrogens is 338 g/mol. The van der Waals surface area contributed by atoms with Crippen molar-refractivity contribution in [3.05, 3.63) is 47.1 Å². The molecule has 1 aromatic heterocycles. The molecule has 0 bridgehead atoms. The van der Waals surface area contributed by atoms with Crippen molar-refractivity contribution in [2.75, 3.05) is 12.4 Å². The number of nitrogens with zero attached hydrogens (tertiary/aromatic N) is 1. The number of methoxy groups -OCH3 is 1. The molecule has 0 atom stereocenters. The van der Waals surface area contributed by atoms with Crippen LogP contribution in [-0.4, -0.2) is 24.0 Å². The SMILES string of the molecule is COc1ccc(Cl)cc1Nc1ccc(C(=O)NC2CCCCC2)cn1. The van der Waals surface area contributed by atoms with Gasteiger partial charge in [-0.3, -0.25) is 4.79 Å². The van der Waals surface area contributed by atoms with Gasteiger partial charge in [0.05, 0.1) is 18.4 Å². The lowest BCUT2D eigenvalue weighted by atomic mass is 9.95. The molecule has 2 aromatic rings. The largest absolute Gasteiger partial charge is 0.495 e. The monoisotopic (exact) mass is 359 g/mol. The number of benzene rings is 1. The van der Waals surface area contributed by atoms with Gasteiger partial charge in [-0.2, -0.15) is 0 Å². The van der Waals surface area contributed by atoms with Gasteiger partial charge >= 0.3 is 0 Å². The van der Waals surface area contributed by atoms with Crippen molar-refractivity contribution in [2.45, 2.75) is 38.1 Å². The Morgan fingerprint density at radius 3 is 2.68 bits per heavy atom. The summed E-state index contributed by atoms with van der Waals surface area (Å²) >= 11 is 6.03. The molecule has 0 unspecified atom stereocenters. The Morgan fingerprint density at radius 2 is 2.00 bits per heavy atom. The summed E-state index contributed by atoms with van der Waals surface area (Å²) in [6, 6.07) is 9.15. The fourth-order valence-corrected chi connectivity index (χ4v) is 3.21. The van der Waals surface area contributed by atoms with Gasteiger partial charge in [-0.15, -0.1) is 0 Å². The van der Waals surface area contributed by atoms with Crippen LogP contribution in [0.5, 0.6) is 5.75 Å². The lowest BCUT2D eigenvalue weighted by Crippen LogP contribution is -2.36. The third-order valence-electron chi connectivity index (χ3n) is 4.39. The van der Waals surface area contributed by atoms with Gasteiger partial charge in [0.1, 0.15) is 11.6 Å². The molecule has 25 heavy (non-hydrogen) atoms. The Morgan fingerprint density at radius 1 is 1.20 bits per heavy atom. The van der Waals surface area contributed by atoms with Crippen molar-refractivity contribution in [1.82, 2.24) is 10.3 Å². The number of amides is 1. The van der Waals surface area contributed by atoms with E-state index in [1.165, 1.54) is 19.3 Å². The molecule has 1 heterocycles. The topological polar surface area (TPSA) is 63.2 Å². The zero-order valence-electron chi connectivity index (χ0n) is 14.2. The zero-order valence-corrected chi connectivity index (χ0v) is 15.0. The van der Waals surface area contributed by atoms with Crippen molar-refractivity contribution >= 4 is 29.0 Å². The summed E-state index contributed by atoms with van der Waals surface area (Å²) in [5, 5.41) is 6.86. The number of hydrogen-bond acceptors (Lipinski definition) is 4. The maximum absolute atomic E-state index is 12.3. The quantitative estimate of drug-likeness (QED) is 0.822. The van der Waals surface area contributed by atoms with Gasteiger partial charge in [0.15, 0.2) is 0 Å². The number of aromatic nitrogens is 1. The molecule has 1 aromatic carbocycles. The molecule has 132 valence electrons. The Hall–Kier alpha value is -2.27. The summed E-state index contributed by atoms with van der Waals surface area (Å²) < 4.78 is 5.31. The number of anilines is 2. The first-order valence-electron chi connectivity index (χ1n) is 8.53. The first kappa shape index (κ1) is 17.5. The van der Waals surface area contributed by atoms with Gasteiger partial charge in [-0.25, -0.2) is 4.98 Å². The lowest BCUT2D eigenvalue weighted by Gasteiger charge is -2.22. The molecule has 0 aliphatic heterocycles. The fourth-order valence-electron chi connectivity index (χ4n) is 3.03. The van der Waals surface area contributed by atoms with E-state index in [1.807, 2.05) is 0 Å². The summed E-state index contributed by atoms with van der Waals surface area (Å²) in [5.41, 5.74) is 1.29. The minimum atomic E-state index is -0.0636. The normalized spacial score (nSPS) is 14.8. The number of hydrogen-bond donors (Lipinski definition) is 2. The maximum atomic E-state index is 12.3. The maximum Gasteiger partial charge on any atom is 0.253 e. The first-order valence-corrected chi connectivity index (χ1v) is 8.91. The lowest BCUT2D eigenvalue weighted by molar-refractivity contribution is 0.0927. The van der Waals surface area contributed by atoms with Gasteiger partial charge in [-0.05, 0) is 43.2 Å². The highest BCUT2D eigenvalue weighted by Gasteiger charge is 2.16. The molecule has 0 saturated heterocycles. The Bertz CT molecular complexity index is 728. The van der Waals surface area contributed by atoms with E-state index in [4.69, 9.17) is 16.3 Å². The van der Waals surface area contributed by atoms with E-state index in [0.29, 0.717) is 22.2 Å². The summed E-state index contributed by atoms with van der Waals surface area (Å²) in [6.07, 6.45) is 7.35. The number of ether oxygens (including phenoxy) is 1. The van der Waals surface area contributed by atoms with E-state index in [9.17, 15) is 4.79 Å². The van der Waals surface area contributed by atoms with E-state index < -0.39 is 0 Å². The Balaban J connectivity index is 1.65. The van der Waals surface area contributed by atoms with Crippen LogP contribution in [0.1, 0.15) is 42.5 Å². The highest BCUT2D eigenvalue weighted by Crippen LogP contribution is 2.29.